The van der Waals surface area contributed by atoms with Crippen LogP contribution in [-0.2, 0) is 0 Å². The zero-order chi connectivity index (χ0) is 15.6. The van der Waals surface area contributed by atoms with E-state index in [0.29, 0.717) is 11.1 Å². The van der Waals surface area contributed by atoms with Gasteiger partial charge in [-0.05, 0) is 19.9 Å². The van der Waals surface area contributed by atoms with Crippen LogP contribution in [0.1, 0.15) is 23.0 Å². The second-order valence-corrected chi connectivity index (χ2v) is 4.15. The molecule has 0 aliphatic rings. The number of hydrogen-bond acceptors (Lipinski definition) is 6. The van der Waals surface area contributed by atoms with E-state index in [-0.39, 0.29) is 29.8 Å². The lowest BCUT2D eigenvalue weighted by Crippen LogP contribution is -2.01. The van der Waals surface area contributed by atoms with Gasteiger partial charge in [-0.15, -0.1) is 0 Å². The van der Waals surface area contributed by atoms with Crippen molar-refractivity contribution in [1.29, 1.82) is 0 Å². The monoisotopic (exact) mass is 292 g/mol. The summed E-state index contributed by atoms with van der Waals surface area (Å²) in [6.45, 7) is 3.49. The normalized spacial score (nSPS) is 10.4. The summed E-state index contributed by atoms with van der Waals surface area (Å²) in [6.07, 6.45) is 0. The number of carboxylic acid groups (broad SMARTS) is 1. The first kappa shape index (κ1) is 14.5. The van der Waals surface area contributed by atoms with Crippen LogP contribution < -0.4 is 4.74 Å². The van der Waals surface area contributed by atoms with Gasteiger partial charge in [0.15, 0.2) is 0 Å². The fourth-order valence-corrected chi connectivity index (χ4v) is 1.73. The van der Waals surface area contributed by atoms with E-state index in [2.05, 4.69) is 4.98 Å². The number of oxazole rings is 1. The lowest BCUT2D eigenvalue weighted by molar-refractivity contribution is -0.385. The van der Waals surface area contributed by atoms with Crippen molar-refractivity contribution in [2.75, 3.05) is 6.61 Å². The number of aryl methyl sites for hydroxylation is 1. The molecule has 1 heterocycles. The molecule has 0 atom stereocenters. The van der Waals surface area contributed by atoms with E-state index in [1.807, 2.05) is 0 Å². The molecule has 2 aromatic rings. The van der Waals surface area contributed by atoms with Gasteiger partial charge < -0.3 is 14.3 Å². The lowest BCUT2D eigenvalue weighted by atomic mass is 10.1. The van der Waals surface area contributed by atoms with Crippen molar-refractivity contribution < 1.29 is 24.0 Å². The summed E-state index contributed by atoms with van der Waals surface area (Å²) >= 11 is 0. The molecule has 0 fully saturated rings. The number of ether oxygens (including phenoxy) is 1. The second kappa shape index (κ2) is 5.61. The van der Waals surface area contributed by atoms with Crippen LogP contribution in [-0.4, -0.2) is 27.6 Å². The minimum Gasteiger partial charge on any atom is -0.476 e. The predicted octanol–water partition coefficient (Wildman–Crippen LogP) is 2.66. The smallest absolute Gasteiger partial charge is 0.362 e. The molecule has 0 amide bonds. The molecular formula is C13H12N2O6. The number of nitro groups is 1. The van der Waals surface area contributed by atoms with Gasteiger partial charge in [-0.2, -0.15) is 4.98 Å². The Morgan fingerprint density at radius 3 is 2.81 bits per heavy atom. The number of hydrogen-bond donors (Lipinski definition) is 1. The summed E-state index contributed by atoms with van der Waals surface area (Å²) in [5, 5.41) is 20.0. The zero-order valence-electron chi connectivity index (χ0n) is 11.3. The van der Waals surface area contributed by atoms with Gasteiger partial charge in [0.2, 0.25) is 11.6 Å². The van der Waals surface area contributed by atoms with Crippen molar-refractivity contribution >= 4 is 11.7 Å². The average Bonchev–Trinajstić information content (AvgIpc) is 2.83. The summed E-state index contributed by atoms with van der Waals surface area (Å²) < 4.78 is 10.3. The van der Waals surface area contributed by atoms with Crippen molar-refractivity contribution in [3.63, 3.8) is 0 Å². The maximum Gasteiger partial charge on any atom is 0.362 e. The van der Waals surface area contributed by atoms with Crippen LogP contribution in [0.15, 0.2) is 22.6 Å². The van der Waals surface area contributed by atoms with Crippen molar-refractivity contribution in [2.45, 2.75) is 13.8 Å². The van der Waals surface area contributed by atoms with E-state index in [1.165, 1.54) is 6.07 Å². The Morgan fingerprint density at radius 2 is 2.24 bits per heavy atom. The predicted molar refractivity (Wildman–Crippen MR) is 71.5 cm³/mol. The van der Waals surface area contributed by atoms with E-state index in [1.54, 1.807) is 26.0 Å². The topological polar surface area (TPSA) is 116 Å². The van der Waals surface area contributed by atoms with Crippen molar-refractivity contribution in [2.24, 2.45) is 0 Å². The number of nitrogens with zero attached hydrogens (tertiary/aromatic N) is 2. The molecule has 1 aromatic heterocycles. The molecule has 0 unspecified atom stereocenters. The molecule has 0 bridgehead atoms. The van der Waals surface area contributed by atoms with Crippen LogP contribution in [0.5, 0.6) is 5.95 Å². The highest BCUT2D eigenvalue weighted by Crippen LogP contribution is 2.30. The fraction of sp³-hybridized carbons (Fsp3) is 0.231. The van der Waals surface area contributed by atoms with Gasteiger partial charge in [0.05, 0.1) is 11.5 Å². The fourth-order valence-electron chi connectivity index (χ4n) is 1.73. The minimum absolute atomic E-state index is 0.0426. The molecule has 1 N–H and O–H groups in total. The molecule has 110 valence electrons. The molecule has 8 nitrogen and oxygen atoms in total. The van der Waals surface area contributed by atoms with Crippen LogP contribution in [0.4, 0.5) is 5.69 Å². The number of benzene rings is 1. The molecule has 2 rings (SSSR count). The van der Waals surface area contributed by atoms with Gasteiger partial charge >= 0.3 is 11.9 Å². The van der Waals surface area contributed by atoms with Gasteiger partial charge in [-0.1, -0.05) is 6.07 Å². The van der Waals surface area contributed by atoms with Gasteiger partial charge in [0.1, 0.15) is 0 Å². The number of carbonyl (C=O) groups is 1. The maximum atomic E-state index is 11.1. The van der Waals surface area contributed by atoms with Crippen molar-refractivity contribution in [3.05, 3.63) is 39.6 Å². The minimum atomic E-state index is -1.30. The van der Waals surface area contributed by atoms with Crippen LogP contribution in [0, 0.1) is 17.0 Å². The van der Waals surface area contributed by atoms with Gasteiger partial charge in [0.25, 0.3) is 5.69 Å². The first-order valence-electron chi connectivity index (χ1n) is 6.06. The second-order valence-electron chi connectivity index (χ2n) is 4.15. The Bertz CT molecular complexity index is 707. The molecule has 0 saturated heterocycles. The Kier molecular flexibility index (Phi) is 3.88. The number of nitro benzene ring substituents is 1. The highest BCUT2D eigenvalue weighted by molar-refractivity contribution is 5.88. The SMILES string of the molecule is CCOc1oc(-c2ccc(C)c([N+](=O)[O-])c2)nc1C(=O)O. The average molecular weight is 292 g/mol. The summed E-state index contributed by atoms with van der Waals surface area (Å²) in [5.41, 5.74) is 0.329. The Hall–Kier alpha value is -2.90. The number of rotatable bonds is 5. The third kappa shape index (κ3) is 2.83. The van der Waals surface area contributed by atoms with Crippen molar-refractivity contribution in [3.8, 4) is 17.4 Å². The summed E-state index contributed by atoms with van der Waals surface area (Å²) in [4.78, 5) is 25.3. The van der Waals surface area contributed by atoms with E-state index in [9.17, 15) is 14.9 Å². The lowest BCUT2D eigenvalue weighted by Gasteiger charge is -1.99. The van der Waals surface area contributed by atoms with E-state index in [4.69, 9.17) is 14.3 Å². The molecule has 8 heteroatoms. The third-order valence-electron chi connectivity index (χ3n) is 2.73. The first-order valence-corrected chi connectivity index (χ1v) is 6.06. The quantitative estimate of drug-likeness (QED) is 0.665. The third-order valence-corrected chi connectivity index (χ3v) is 2.73. The van der Waals surface area contributed by atoms with Crippen molar-refractivity contribution in [1.82, 2.24) is 4.98 Å². The maximum absolute atomic E-state index is 11.1. The molecule has 0 aliphatic carbocycles. The molecule has 0 spiro atoms. The zero-order valence-corrected chi connectivity index (χ0v) is 11.3. The molecule has 21 heavy (non-hydrogen) atoms. The summed E-state index contributed by atoms with van der Waals surface area (Å²) in [7, 11) is 0. The molecule has 0 aliphatic heterocycles. The molecular weight excluding hydrogens is 280 g/mol. The van der Waals surface area contributed by atoms with Gasteiger partial charge in [-0.3, -0.25) is 10.1 Å². The van der Waals surface area contributed by atoms with Crippen LogP contribution in [0.2, 0.25) is 0 Å². The highest BCUT2D eigenvalue weighted by atomic mass is 16.6. The molecule has 0 radical (unpaired) electrons. The van der Waals surface area contributed by atoms with Crippen LogP contribution in [0.3, 0.4) is 0 Å². The number of carboxylic acids is 1. The number of aromatic nitrogens is 1. The standard InChI is InChI=1S/C13H12N2O6/c1-3-20-13-10(12(16)17)14-11(21-13)8-5-4-7(2)9(6-8)15(18)19/h4-6H,3H2,1-2H3,(H,16,17). The first-order chi connectivity index (χ1) is 9.93. The molecule has 1 aromatic carbocycles. The highest BCUT2D eigenvalue weighted by Gasteiger charge is 2.23. The van der Waals surface area contributed by atoms with E-state index >= 15 is 0 Å². The number of aromatic carboxylic acids is 1. The summed E-state index contributed by atoms with van der Waals surface area (Å²) in [6, 6.07) is 4.39. The summed E-state index contributed by atoms with van der Waals surface area (Å²) in [5.74, 6) is -1.56. The van der Waals surface area contributed by atoms with E-state index < -0.39 is 10.9 Å². The van der Waals surface area contributed by atoms with E-state index in [0.717, 1.165) is 0 Å². The van der Waals surface area contributed by atoms with Gasteiger partial charge in [-0.25, -0.2) is 4.79 Å². The Morgan fingerprint density at radius 1 is 1.52 bits per heavy atom. The Balaban J connectivity index is 2.52. The Labute approximate surface area is 119 Å². The largest absolute Gasteiger partial charge is 0.476 e. The van der Waals surface area contributed by atoms with Crippen LogP contribution in [0.25, 0.3) is 11.5 Å². The molecule has 0 saturated carbocycles. The van der Waals surface area contributed by atoms with Gasteiger partial charge in [0, 0.05) is 17.2 Å². The van der Waals surface area contributed by atoms with Crippen LogP contribution >= 0.6 is 0 Å².